The fourth-order valence-corrected chi connectivity index (χ4v) is 5.96. The number of nitrogens with zero attached hydrogens (tertiary/aromatic N) is 2. The Morgan fingerprint density at radius 1 is 0.812 bits per heavy atom. The van der Waals surface area contributed by atoms with Gasteiger partial charge in [-0.1, -0.05) is 105 Å². The first-order valence-electron chi connectivity index (χ1n) is 14.5. The second-order valence-corrected chi connectivity index (χ2v) is 11.5. The predicted octanol–water partition coefficient (Wildman–Crippen LogP) is 7.68. The van der Waals surface area contributed by atoms with Crippen LogP contribution in [0.1, 0.15) is 130 Å². The van der Waals surface area contributed by atoms with Crippen molar-refractivity contribution in [2.45, 2.75) is 130 Å². The molecule has 2 rings (SSSR count). The summed E-state index contributed by atoms with van der Waals surface area (Å²) in [4.78, 5) is 17.8. The van der Waals surface area contributed by atoms with Crippen LogP contribution in [0.3, 0.4) is 0 Å². The molecule has 3 nitrogen and oxygen atoms in total. The second-order valence-electron chi connectivity index (χ2n) is 11.5. The van der Waals surface area contributed by atoms with Crippen LogP contribution < -0.4 is 0 Å². The van der Waals surface area contributed by atoms with Gasteiger partial charge in [-0.3, -0.25) is 4.79 Å². The topological polar surface area (TPSA) is 23.6 Å². The van der Waals surface area contributed by atoms with E-state index in [0.717, 1.165) is 37.8 Å². The van der Waals surface area contributed by atoms with Crippen molar-refractivity contribution in [2.24, 2.45) is 17.3 Å². The van der Waals surface area contributed by atoms with Crippen LogP contribution in [0.5, 0.6) is 0 Å². The number of amides is 1. The Morgan fingerprint density at radius 2 is 1.38 bits per heavy atom. The van der Waals surface area contributed by atoms with E-state index in [1.54, 1.807) is 0 Å². The van der Waals surface area contributed by atoms with E-state index in [0.29, 0.717) is 11.3 Å². The molecule has 2 atom stereocenters. The molecule has 0 aliphatic carbocycles. The van der Waals surface area contributed by atoms with E-state index in [1.807, 2.05) is 0 Å². The van der Waals surface area contributed by atoms with Crippen molar-refractivity contribution >= 4 is 5.91 Å². The summed E-state index contributed by atoms with van der Waals surface area (Å²) in [6.07, 6.45) is 20.6. The SMILES string of the molecule is CCCCCCCC(CCCCCC)CCC(=O)N1CCC2(CC1)CN(CC(C)CC)C2. The normalized spacial score (nSPS) is 20.3. The Balaban J connectivity index is 1.66. The van der Waals surface area contributed by atoms with Crippen LogP contribution in [0.4, 0.5) is 0 Å². The minimum absolute atomic E-state index is 0.445. The van der Waals surface area contributed by atoms with Gasteiger partial charge in [0.1, 0.15) is 0 Å². The third-order valence-electron chi connectivity index (χ3n) is 8.51. The van der Waals surface area contributed by atoms with Crippen molar-refractivity contribution in [2.75, 3.05) is 32.7 Å². The average Bonchev–Trinajstić information content (AvgIpc) is 2.78. The van der Waals surface area contributed by atoms with Crippen molar-refractivity contribution in [3.05, 3.63) is 0 Å². The lowest BCUT2D eigenvalue weighted by Gasteiger charge is -2.54. The van der Waals surface area contributed by atoms with Crippen LogP contribution in [0.2, 0.25) is 0 Å². The summed E-state index contributed by atoms with van der Waals surface area (Å²) >= 11 is 0. The van der Waals surface area contributed by atoms with E-state index < -0.39 is 0 Å². The fraction of sp³-hybridized carbons (Fsp3) is 0.966. The molecular weight excluding hydrogens is 392 g/mol. The first-order valence-corrected chi connectivity index (χ1v) is 14.5. The van der Waals surface area contributed by atoms with E-state index in [9.17, 15) is 4.79 Å². The highest BCUT2D eigenvalue weighted by molar-refractivity contribution is 5.76. The van der Waals surface area contributed by atoms with Crippen molar-refractivity contribution in [3.63, 3.8) is 0 Å². The molecule has 2 aliphatic heterocycles. The second kappa shape index (κ2) is 15.4. The van der Waals surface area contributed by atoms with Gasteiger partial charge in [0.15, 0.2) is 0 Å². The van der Waals surface area contributed by atoms with Crippen molar-refractivity contribution in [1.29, 1.82) is 0 Å². The minimum atomic E-state index is 0.445. The molecule has 2 aliphatic rings. The zero-order valence-electron chi connectivity index (χ0n) is 22.3. The number of rotatable bonds is 17. The Labute approximate surface area is 201 Å². The molecule has 2 fully saturated rings. The summed E-state index contributed by atoms with van der Waals surface area (Å²) in [7, 11) is 0. The van der Waals surface area contributed by atoms with Crippen LogP contribution in [-0.2, 0) is 4.79 Å². The molecule has 3 heteroatoms. The van der Waals surface area contributed by atoms with Gasteiger partial charge >= 0.3 is 0 Å². The van der Waals surface area contributed by atoms with Gasteiger partial charge in [-0.15, -0.1) is 0 Å². The van der Waals surface area contributed by atoms with Gasteiger partial charge in [-0.05, 0) is 36.5 Å². The van der Waals surface area contributed by atoms with Gasteiger partial charge in [0.2, 0.25) is 5.91 Å². The third-order valence-corrected chi connectivity index (χ3v) is 8.51. The average molecular weight is 449 g/mol. The van der Waals surface area contributed by atoms with Crippen LogP contribution in [0.25, 0.3) is 0 Å². The molecule has 188 valence electrons. The van der Waals surface area contributed by atoms with Gasteiger partial charge in [-0.2, -0.15) is 0 Å². The molecule has 0 radical (unpaired) electrons. The van der Waals surface area contributed by atoms with E-state index in [2.05, 4.69) is 37.5 Å². The number of unbranched alkanes of at least 4 members (excludes halogenated alkanes) is 7. The lowest BCUT2D eigenvalue weighted by atomic mass is 9.71. The van der Waals surface area contributed by atoms with Crippen LogP contribution in [0, 0.1) is 17.3 Å². The van der Waals surface area contributed by atoms with Gasteiger partial charge in [-0.25, -0.2) is 0 Å². The highest BCUT2D eigenvalue weighted by Crippen LogP contribution is 2.41. The summed E-state index contributed by atoms with van der Waals surface area (Å²) in [5.74, 6) is 2.03. The van der Waals surface area contributed by atoms with Gasteiger partial charge in [0.05, 0.1) is 0 Å². The van der Waals surface area contributed by atoms with Gasteiger partial charge < -0.3 is 9.80 Å². The molecule has 2 unspecified atom stereocenters. The number of hydrogen-bond acceptors (Lipinski definition) is 2. The minimum Gasteiger partial charge on any atom is -0.343 e. The third kappa shape index (κ3) is 9.74. The molecule has 0 saturated carbocycles. The largest absolute Gasteiger partial charge is 0.343 e. The quantitative estimate of drug-likeness (QED) is 0.213. The lowest BCUT2D eigenvalue weighted by molar-refractivity contribution is -0.136. The van der Waals surface area contributed by atoms with E-state index in [1.165, 1.54) is 110 Å². The summed E-state index contributed by atoms with van der Waals surface area (Å²) in [6.45, 7) is 15.1. The molecule has 2 heterocycles. The summed E-state index contributed by atoms with van der Waals surface area (Å²) < 4.78 is 0. The number of likely N-dealkylation sites (tertiary alicyclic amines) is 2. The fourth-order valence-electron chi connectivity index (χ4n) is 5.96. The summed E-state index contributed by atoms with van der Waals surface area (Å²) in [6, 6.07) is 0. The molecule has 0 N–H and O–H groups in total. The molecule has 0 bridgehead atoms. The molecule has 0 aromatic rings. The Morgan fingerprint density at radius 3 is 1.94 bits per heavy atom. The smallest absolute Gasteiger partial charge is 0.222 e. The molecule has 2 saturated heterocycles. The predicted molar refractivity (Wildman–Crippen MR) is 139 cm³/mol. The molecule has 1 amide bonds. The zero-order chi connectivity index (χ0) is 23.2. The first kappa shape index (κ1) is 27.7. The van der Waals surface area contributed by atoms with Gasteiger partial charge in [0, 0.05) is 39.1 Å². The van der Waals surface area contributed by atoms with Gasteiger partial charge in [0.25, 0.3) is 0 Å². The highest BCUT2D eigenvalue weighted by Gasteiger charge is 2.45. The number of hydrogen-bond donors (Lipinski definition) is 0. The monoisotopic (exact) mass is 448 g/mol. The molecule has 0 aromatic carbocycles. The van der Waals surface area contributed by atoms with Crippen molar-refractivity contribution < 1.29 is 4.79 Å². The Kier molecular flexibility index (Phi) is 13.3. The van der Waals surface area contributed by atoms with Crippen LogP contribution in [0.15, 0.2) is 0 Å². The maximum absolute atomic E-state index is 13.0. The number of carbonyl (C=O) groups is 1. The maximum atomic E-state index is 13.0. The molecule has 32 heavy (non-hydrogen) atoms. The molecular formula is C29H56N2O. The van der Waals surface area contributed by atoms with E-state index in [4.69, 9.17) is 0 Å². The standard InChI is InChI=1S/C29H56N2O/c1-5-8-10-12-14-16-27(15-13-11-9-6-2)17-18-28(32)31-21-19-29(20-22-31)24-30(25-29)23-26(4)7-3/h26-27H,5-25H2,1-4H3. The maximum Gasteiger partial charge on any atom is 0.222 e. The van der Waals surface area contributed by atoms with Crippen LogP contribution >= 0.6 is 0 Å². The summed E-state index contributed by atoms with van der Waals surface area (Å²) in [5, 5.41) is 0. The van der Waals surface area contributed by atoms with Crippen LogP contribution in [-0.4, -0.2) is 48.4 Å². The number of piperidine rings is 1. The van der Waals surface area contributed by atoms with E-state index in [-0.39, 0.29) is 0 Å². The van der Waals surface area contributed by atoms with E-state index >= 15 is 0 Å². The Bertz CT molecular complexity index is 489. The number of carbonyl (C=O) groups excluding carboxylic acids is 1. The van der Waals surface area contributed by atoms with Crippen molar-refractivity contribution in [1.82, 2.24) is 9.80 Å². The lowest BCUT2D eigenvalue weighted by Crippen LogP contribution is -2.61. The molecule has 1 spiro atoms. The summed E-state index contributed by atoms with van der Waals surface area (Å²) in [5.41, 5.74) is 0.532. The zero-order valence-corrected chi connectivity index (χ0v) is 22.3. The highest BCUT2D eigenvalue weighted by atomic mass is 16.2. The Hall–Kier alpha value is -0.570. The van der Waals surface area contributed by atoms with Crippen molar-refractivity contribution in [3.8, 4) is 0 Å². The molecule has 0 aromatic heterocycles. The first-order chi connectivity index (χ1) is 15.5.